The minimum absolute atomic E-state index is 0.347. The summed E-state index contributed by atoms with van der Waals surface area (Å²) in [6.07, 6.45) is 2.70. The topological polar surface area (TPSA) is 60.2 Å². The van der Waals surface area contributed by atoms with E-state index in [4.69, 9.17) is 4.74 Å². The molecule has 1 amide bonds. The van der Waals surface area contributed by atoms with Gasteiger partial charge in [0, 0.05) is 19.2 Å². The normalized spacial score (nSPS) is 10.2. The van der Waals surface area contributed by atoms with Gasteiger partial charge in [0.15, 0.2) is 0 Å². The largest absolute Gasteiger partial charge is 0.415 e. The number of hydrogen-bond acceptors (Lipinski definition) is 4. The summed E-state index contributed by atoms with van der Waals surface area (Å²) < 4.78 is 6.93. The third-order valence-corrected chi connectivity index (χ3v) is 2.73. The number of carbonyl (C=O) groups is 1. The Morgan fingerprint density at radius 2 is 2.16 bits per heavy atom. The van der Waals surface area contributed by atoms with E-state index in [2.05, 4.69) is 10.1 Å². The fourth-order valence-electron chi connectivity index (χ4n) is 1.68. The average Bonchev–Trinajstić information content (AvgIpc) is 2.94. The molecule has 2 aromatic rings. The zero-order chi connectivity index (χ0) is 13.7. The molecule has 0 bridgehead atoms. The molecular formula is C13H16N4O2. The monoisotopic (exact) mass is 260 g/mol. The lowest BCUT2D eigenvalue weighted by Crippen LogP contribution is -2.33. The van der Waals surface area contributed by atoms with Crippen LogP contribution in [0.5, 0.6) is 5.75 Å². The van der Waals surface area contributed by atoms with E-state index in [1.165, 1.54) is 6.33 Å². The molecule has 0 fully saturated rings. The molecule has 1 heterocycles. The molecule has 0 aliphatic heterocycles. The molecule has 0 aliphatic carbocycles. The number of aromatic nitrogens is 3. The lowest BCUT2D eigenvalue weighted by atomic mass is 10.3. The minimum Gasteiger partial charge on any atom is -0.410 e. The predicted octanol–water partition coefficient (Wildman–Crippen LogP) is 2.11. The molecule has 100 valence electrons. The van der Waals surface area contributed by atoms with Crippen LogP contribution in [0.15, 0.2) is 36.9 Å². The second-order valence-corrected chi connectivity index (χ2v) is 3.88. The van der Waals surface area contributed by atoms with E-state index in [1.807, 2.05) is 26.0 Å². The first-order valence-electron chi connectivity index (χ1n) is 6.16. The fraction of sp³-hybridized carbons (Fsp3) is 0.308. The molecular weight excluding hydrogens is 244 g/mol. The van der Waals surface area contributed by atoms with Gasteiger partial charge in [-0.1, -0.05) is 6.07 Å². The minimum atomic E-state index is -0.347. The van der Waals surface area contributed by atoms with Crippen LogP contribution in [0.4, 0.5) is 4.79 Å². The van der Waals surface area contributed by atoms with Crippen LogP contribution in [0.1, 0.15) is 13.8 Å². The van der Waals surface area contributed by atoms with E-state index in [-0.39, 0.29) is 6.09 Å². The average molecular weight is 260 g/mol. The molecule has 1 aromatic heterocycles. The van der Waals surface area contributed by atoms with Crippen molar-refractivity contribution in [3.05, 3.63) is 36.9 Å². The highest BCUT2D eigenvalue weighted by molar-refractivity contribution is 5.70. The van der Waals surface area contributed by atoms with Crippen LogP contribution >= 0.6 is 0 Å². The molecule has 1 aromatic carbocycles. The molecule has 6 nitrogen and oxygen atoms in total. The zero-order valence-corrected chi connectivity index (χ0v) is 11.0. The van der Waals surface area contributed by atoms with Crippen LogP contribution in [-0.4, -0.2) is 38.8 Å². The van der Waals surface area contributed by atoms with Gasteiger partial charge >= 0.3 is 6.09 Å². The molecule has 0 atom stereocenters. The first-order chi connectivity index (χ1) is 9.24. The smallest absolute Gasteiger partial charge is 0.410 e. The summed E-state index contributed by atoms with van der Waals surface area (Å²) >= 11 is 0. The maximum absolute atomic E-state index is 11.8. The van der Waals surface area contributed by atoms with Crippen molar-refractivity contribution in [2.75, 3.05) is 13.1 Å². The van der Waals surface area contributed by atoms with Gasteiger partial charge in [0.25, 0.3) is 0 Å². The van der Waals surface area contributed by atoms with Crippen LogP contribution in [0.2, 0.25) is 0 Å². The summed E-state index contributed by atoms with van der Waals surface area (Å²) in [6, 6.07) is 7.16. The number of rotatable bonds is 4. The molecule has 2 rings (SSSR count). The highest BCUT2D eigenvalue weighted by Gasteiger charge is 2.12. The Morgan fingerprint density at radius 3 is 2.79 bits per heavy atom. The van der Waals surface area contributed by atoms with Crippen molar-refractivity contribution in [2.45, 2.75) is 13.8 Å². The van der Waals surface area contributed by atoms with Crippen molar-refractivity contribution in [1.29, 1.82) is 0 Å². The molecule has 0 unspecified atom stereocenters. The van der Waals surface area contributed by atoms with Gasteiger partial charge in [0.05, 0.1) is 5.69 Å². The van der Waals surface area contributed by atoms with E-state index >= 15 is 0 Å². The predicted molar refractivity (Wildman–Crippen MR) is 70.3 cm³/mol. The summed E-state index contributed by atoms with van der Waals surface area (Å²) in [5.74, 6) is 0.491. The highest BCUT2D eigenvalue weighted by atomic mass is 16.6. The third-order valence-electron chi connectivity index (χ3n) is 2.73. The molecule has 19 heavy (non-hydrogen) atoms. The van der Waals surface area contributed by atoms with Crippen molar-refractivity contribution >= 4 is 6.09 Å². The van der Waals surface area contributed by atoms with Gasteiger partial charge in [-0.15, -0.1) is 0 Å². The van der Waals surface area contributed by atoms with Crippen LogP contribution in [0, 0.1) is 0 Å². The van der Waals surface area contributed by atoms with E-state index in [0.717, 1.165) is 5.69 Å². The number of benzene rings is 1. The lowest BCUT2D eigenvalue weighted by Gasteiger charge is -2.18. The van der Waals surface area contributed by atoms with Gasteiger partial charge in [0.2, 0.25) is 0 Å². The quantitative estimate of drug-likeness (QED) is 0.844. The second-order valence-electron chi connectivity index (χ2n) is 3.88. The highest BCUT2D eigenvalue weighted by Crippen LogP contribution is 2.16. The Balaban J connectivity index is 2.14. The molecule has 0 saturated heterocycles. The fourth-order valence-corrected chi connectivity index (χ4v) is 1.68. The first kappa shape index (κ1) is 13.1. The number of carbonyl (C=O) groups excluding carboxylic acids is 1. The summed E-state index contributed by atoms with van der Waals surface area (Å²) in [7, 11) is 0. The Bertz CT molecular complexity index is 535. The van der Waals surface area contributed by atoms with Gasteiger partial charge in [-0.05, 0) is 26.0 Å². The van der Waals surface area contributed by atoms with Crippen LogP contribution in [0.25, 0.3) is 5.69 Å². The Labute approximate surface area is 111 Å². The van der Waals surface area contributed by atoms with Gasteiger partial charge < -0.3 is 9.64 Å². The van der Waals surface area contributed by atoms with E-state index in [0.29, 0.717) is 18.8 Å². The zero-order valence-electron chi connectivity index (χ0n) is 11.0. The Morgan fingerprint density at radius 1 is 1.37 bits per heavy atom. The van der Waals surface area contributed by atoms with Crippen LogP contribution in [-0.2, 0) is 0 Å². The lowest BCUT2D eigenvalue weighted by molar-refractivity contribution is 0.157. The summed E-state index contributed by atoms with van der Waals surface area (Å²) in [5.41, 5.74) is 0.794. The van der Waals surface area contributed by atoms with E-state index in [9.17, 15) is 4.79 Å². The van der Waals surface area contributed by atoms with Crippen LogP contribution < -0.4 is 4.74 Å². The second kappa shape index (κ2) is 5.99. The number of ether oxygens (including phenoxy) is 1. The van der Waals surface area contributed by atoms with Crippen LogP contribution in [0.3, 0.4) is 0 Å². The number of amides is 1. The maximum Gasteiger partial charge on any atom is 0.415 e. The molecule has 0 aliphatic rings. The number of nitrogens with zero attached hydrogens (tertiary/aromatic N) is 4. The maximum atomic E-state index is 11.8. The van der Waals surface area contributed by atoms with Gasteiger partial charge in [0.1, 0.15) is 18.4 Å². The van der Waals surface area contributed by atoms with Crippen molar-refractivity contribution in [3.8, 4) is 11.4 Å². The van der Waals surface area contributed by atoms with Gasteiger partial charge in [-0.3, -0.25) is 0 Å². The first-order valence-corrected chi connectivity index (χ1v) is 6.16. The Kier molecular flexibility index (Phi) is 4.12. The molecule has 0 spiro atoms. The van der Waals surface area contributed by atoms with Crippen molar-refractivity contribution < 1.29 is 9.53 Å². The molecule has 6 heteroatoms. The standard InChI is InChI=1S/C13H16N4O2/c1-3-16(4-2)13(18)19-12-7-5-6-11(8-12)17-10-14-9-15-17/h5-10H,3-4H2,1-2H3. The van der Waals surface area contributed by atoms with Gasteiger partial charge in [-0.25, -0.2) is 14.5 Å². The van der Waals surface area contributed by atoms with E-state index in [1.54, 1.807) is 28.0 Å². The SMILES string of the molecule is CCN(CC)C(=O)Oc1cccc(-n2cncn2)c1. The molecule has 0 N–H and O–H groups in total. The van der Waals surface area contributed by atoms with Crippen molar-refractivity contribution in [2.24, 2.45) is 0 Å². The summed E-state index contributed by atoms with van der Waals surface area (Å²) in [4.78, 5) is 17.3. The van der Waals surface area contributed by atoms with Gasteiger partial charge in [-0.2, -0.15) is 5.10 Å². The third kappa shape index (κ3) is 3.09. The van der Waals surface area contributed by atoms with Crippen molar-refractivity contribution in [3.63, 3.8) is 0 Å². The van der Waals surface area contributed by atoms with Crippen molar-refractivity contribution in [1.82, 2.24) is 19.7 Å². The summed E-state index contributed by atoms with van der Waals surface area (Å²) in [6.45, 7) is 5.07. The molecule has 0 radical (unpaired) electrons. The summed E-state index contributed by atoms with van der Waals surface area (Å²) in [5, 5.41) is 4.03. The van der Waals surface area contributed by atoms with E-state index < -0.39 is 0 Å². The Hall–Kier alpha value is -2.37. The molecule has 0 saturated carbocycles. The number of hydrogen-bond donors (Lipinski definition) is 0.